The zero-order valence-corrected chi connectivity index (χ0v) is 18.4. The van der Waals surface area contributed by atoms with Crippen molar-refractivity contribution in [3.63, 3.8) is 0 Å². The molecule has 3 heterocycles. The Morgan fingerprint density at radius 2 is 1.80 bits per heavy atom. The van der Waals surface area contributed by atoms with E-state index in [0.29, 0.717) is 29.1 Å². The highest BCUT2D eigenvalue weighted by atomic mass is 16.3. The lowest BCUT2D eigenvalue weighted by atomic mass is 10.1. The largest absolute Gasteiger partial charge is 0.507 e. The van der Waals surface area contributed by atoms with E-state index >= 15 is 0 Å². The molecule has 5 aromatic rings. The molecule has 5 rings (SSSR count). The number of aromatic nitrogens is 4. The van der Waals surface area contributed by atoms with Crippen molar-refractivity contribution in [3.05, 3.63) is 95.8 Å². The highest BCUT2D eigenvalue weighted by Crippen LogP contribution is 2.30. The number of nitrogens with one attached hydrogen (secondary N) is 1. The summed E-state index contributed by atoms with van der Waals surface area (Å²) in [4.78, 5) is 36.7. The van der Waals surface area contributed by atoms with Crippen molar-refractivity contribution < 1.29 is 14.7 Å². The molecule has 2 aromatic carbocycles. The second-order valence-electron chi connectivity index (χ2n) is 7.79. The maximum atomic E-state index is 12.5. The quantitative estimate of drug-likeness (QED) is 0.327. The molecule has 0 saturated carbocycles. The first-order chi connectivity index (χ1) is 17.0. The number of imidazole rings is 1. The molecule has 0 aliphatic carbocycles. The first kappa shape index (κ1) is 21.8. The lowest BCUT2D eigenvalue weighted by molar-refractivity contribution is 0.0949. The molecule has 9 heteroatoms. The lowest BCUT2D eigenvalue weighted by Crippen LogP contribution is -2.22. The van der Waals surface area contributed by atoms with Gasteiger partial charge in [-0.05, 0) is 60.2 Å². The van der Waals surface area contributed by atoms with Gasteiger partial charge in [0.25, 0.3) is 5.91 Å². The van der Waals surface area contributed by atoms with Crippen LogP contribution in [0, 0.1) is 0 Å². The van der Waals surface area contributed by atoms with Gasteiger partial charge in [-0.1, -0.05) is 12.1 Å². The Balaban J connectivity index is 1.41. The Morgan fingerprint density at radius 3 is 2.54 bits per heavy atom. The topological polar surface area (TPSA) is 136 Å². The molecule has 35 heavy (non-hydrogen) atoms. The number of nitrogen functional groups attached to an aromatic ring is 1. The van der Waals surface area contributed by atoms with Crippen LogP contribution in [0.5, 0.6) is 5.75 Å². The molecule has 4 N–H and O–H groups in total. The van der Waals surface area contributed by atoms with E-state index in [1.807, 2.05) is 47.0 Å². The summed E-state index contributed by atoms with van der Waals surface area (Å²) in [6.07, 6.45) is 3.87. The Morgan fingerprint density at radius 1 is 1.03 bits per heavy atom. The van der Waals surface area contributed by atoms with Crippen LogP contribution in [0.25, 0.3) is 28.2 Å². The zero-order valence-electron chi connectivity index (χ0n) is 18.4. The van der Waals surface area contributed by atoms with Crippen molar-refractivity contribution in [2.75, 3.05) is 5.73 Å². The average molecular weight is 464 g/mol. The summed E-state index contributed by atoms with van der Waals surface area (Å²) in [6.45, 7) is 0.278. The van der Waals surface area contributed by atoms with Crippen molar-refractivity contribution >= 4 is 29.2 Å². The molecule has 9 nitrogen and oxygen atoms in total. The summed E-state index contributed by atoms with van der Waals surface area (Å²) in [6, 6.07) is 19.2. The van der Waals surface area contributed by atoms with Crippen molar-refractivity contribution in [2.45, 2.75) is 6.54 Å². The fourth-order valence-electron chi connectivity index (χ4n) is 3.78. The second kappa shape index (κ2) is 9.06. The number of carbonyl (C=O) groups is 2. The lowest BCUT2D eigenvalue weighted by Gasteiger charge is -2.11. The van der Waals surface area contributed by atoms with Gasteiger partial charge in [-0.3, -0.25) is 14.2 Å². The Bertz CT molecular complexity index is 1560. The molecule has 0 aliphatic heterocycles. The van der Waals surface area contributed by atoms with Crippen molar-refractivity contribution in [3.8, 4) is 22.8 Å². The van der Waals surface area contributed by atoms with E-state index in [9.17, 15) is 14.7 Å². The van der Waals surface area contributed by atoms with Crippen LogP contribution >= 0.6 is 0 Å². The molecule has 0 spiro atoms. The molecule has 1 amide bonds. The third-order valence-corrected chi connectivity index (χ3v) is 5.56. The molecule has 3 aromatic heterocycles. The summed E-state index contributed by atoms with van der Waals surface area (Å²) < 4.78 is 1.92. The molecule has 0 radical (unpaired) electrons. The number of amides is 1. The standard InChI is InChI=1S/C26H20N6O3/c27-23-20(3-1-11-28-23)24-31-21-4-2-12-29-25(21)32(24)19-9-5-16(6-10-19)14-30-26(35)17-7-8-18(15-33)22(34)13-17/h1-13,15,34H,14H2,(H2,27,28)(H,30,35). The van der Waals surface area contributed by atoms with Gasteiger partial charge >= 0.3 is 0 Å². The SMILES string of the molecule is Nc1ncccc1-c1nc2cccnc2n1-c1ccc(CNC(=O)c2ccc(C=O)c(O)c2)cc1. The minimum Gasteiger partial charge on any atom is -0.507 e. The van der Waals surface area contributed by atoms with E-state index in [1.165, 1.54) is 18.2 Å². The minimum atomic E-state index is -0.360. The molecular formula is C26H20N6O3. The number of benzene rings is 2. The number of nitrogens with zero attached hydrogens (tertiary/aromatic N) is 4. The van der Waals surface area contributed by atoms with Crippen LogP contribution in [0.1, 0.15) is 26.3 Å². The third-order valence-electron chi connectivity index (χ3n) is 5.56. The van der Waals surface area contributed by atoms with Crippen LogP contribution in [-0.4, -0.2) is 36.8 Å². The maximum absolute atomic E-state index is 12.5. The smallest absolute Gasteiger partial charge is 0.251 e. The van der Waals surface area contributed by atoms with Crippen molar-refractivity contribution in [1.82, 2.24) is 24.8 Å². The van der Waals surface area contributed by atoms with Crippen LogP contribution in [0.15, 0.2) is 79.1 Å². The van der Waals surface area contributed by atoms with Gasteiger partial charge in [0, 0.05) is 30.2 Å². The van der Waals surface area contributed by atoms with Gasteiger partial charge in [0.1, 0.15) is 17.1 Å². The van der Waals surface area contributed by atoms with E-state index < -0.39 is 0 Å². The van der Waals surface area contributed by atoms with Gasteiger partial charge in [-0.15, -0.1) is 0 Å². The number of aromatic hydroxyl groups is 1. The summed E-state index contributed by atoms with van der Waals surface area (Å²) in [5.74, 6) is 0.406. The van der Waals surface area contributed by atoms with Gasteiger partial charge in [-0.2, -0.15) is 0 Å². The molecule has 0 fully saturated rings. The van der Waals surface area contributed by atoms with Crippen molar-refractivity contribution in [1.29, 1.82) is 0 Å². The normalized spacial score (nSPS) is 10.9. The fourth-order valence-corrected chi connectivity index (χ4v) is 3.78. The number of carbonyl (C=O) groups excluding carboxylic acids is 2. The molecule has 0 bridgehead atoms. The molecule has 0 aliphatic rings. The van der Waals surface area contributed by atoms with Gasteiger partial charge in [0.05, 0.1) is 11.1 Å². The van der Waals surface area contributed by atoms with E-state index in [2.05, 4.69) is 15.3 Å². The molecular weight excluding hydrogens is 444 g/mol. The number of pyridine rings is 2. The number of phenolic OH excluding ortho intramolecular Hbond substituents is 1. The van der Waals surface area contributed by atoms with Crippen molar-refractivity contribution in [2.24, 2.45) is 0 Å². The number of hydrogen-bond acceptors (Lipinski definition) is 7. The third kappa shape index (κ3) is 4.18. The van der Waals surface area contributed by atoms with Crippen LogP contribution in [0.2, 0.25) is 0 Å². The maximum Gasteiger partial charge on any atom is 0.251 e. The Kier molecular flexibility index (Phi) is 5.64. The van der Waals surface area contributed by atoms with Gasteiger partial charge in [0.2, 0.25) is 0 Å². The second-order valence-corrected chi connectivity index (χ2v) is 7.79. The van der Waals surface area contributed by atoms with E-state index in [0.717, 1.165) is 16.8 Å². The molecule has 0 saturated heterocycles. The number of anilines is 1. The monoisotopic (exact) mass is 464 g/mol. The minimum absolute atomic E-state index is 0.131. The summed E-state index contributed by atoms with van der Waals surface area (Å²) in [5.41, 5.74) is 10.3. The molecule has 0 unspecified atom stereocenters. The summed E-state index contributed by atoms with van der Waals surface area (Å²) in [5, 5.41) is 12.6. The molecule has 0 atom stereocenters. The van der Waals surface area contributed by atoms with Gasteiger partial charge in [-0.25, -0.2) is 15.0 Å². The fraction of sp³-hybridized carbons (Fsp3) is 0.0385. The van der Waals surface area contributed by atoms with E-state index in [-0.39, 0.29) is 29.3 Å². The Hall–Kier alpha value is -5.05. The van der Waals surface area contributed by atoms with Crippen LogP contribution < -0.4 is 11.1 Å². The van der Waals surface area contributed by atoms with Gasteiger partial charge in [0.15, 0.2) is 17.8 Å². The van der Waals surface area contributed by atoms with E-state index in [1.54, 1.807) is 18.5 Å². The average Bonchev–Trinajstić information content (AvgIpc) is 3.27. The van der Waals surface area contributed by atoms with Gasteiger partial charge < -0.3 is 16.2 Å². The summed E-state index contributed by atoms with van der Waals surface area (Å²) >= 11 is 0. The predicted octanol–water partition coefficient (Wildman–Crippen LogP) is 3.51. The summed E-state index contributed by atoms with van der Waals surface area (Å²) in [7, 11) is 0. The number of hydrogen-bond donors (Lipinski definition) is 3. The number of aldehydes is 1. The van der Waals surface area contributed by atoms with Crippen LogP contribution in [-0.2, 0) is 6.54 Å². The number of nitrogens with two attached hydrogens (primary N) is 1. The van der Waals surface area contributed by atoms with Crippen LogP contribution in [0.3, 0.4) is 0 Å². The first-order valence-electron chi connectivity index (χ1n) is 10.7. The zero-order chi connectivity index (χ0) is 24.4. The molecule has 172 valence electrons. The highest BCUT2D eigenvalue weighted by molar-refractivity contribution is 5.95. The number of rotatable bonds is 6. The number of phenols is 1. The predicted molar refractivity (Wildman–Crippen MR) is 131 cm³/mol. The highest BCUT2D eigenvalue weighted by Gasteiger charge is 2.17. The Labute approximate surface area is 199 Å². The van der Waals surface area contributed by atoms with E-state index in [4.69, 9.17) is 10.7 Å². The van der Waals surface area contributed by atoms with Crippen LogP contribution in [0.4, 0.5) is 5.82 Å². The first-order valence-corrected chi connectivity index (χ1v) is 10.7. The number of fused-ring (bicyclic) bond motifs is 1.